The highest BCUT2D eigenvalue weighted by atomic mass is 35.5. The summed E-state index contributed by atoms with van der Waals surface area (Å²) in [5, 5.41) is 0. The number of hydrogen-bond donors (Lipinski definition) is 0. The molecule has 0 N–H and O–H groups in total. The molecule has 12 heavy (non-hydrogen) atoms. The van der Waals surface area contributed by atoms with Crippen LogP contribution in [0.2, 0.25) is 0 Å². The van der Waals surface area contributed by atoms with Crippen LogP contribution in [0.3, 0.4) is 0 Å². The van der Waals surface area contributed by atoms with Gasteiger partial charge in [0.05, 0.1) is 0 Å². The summed E-state index contributed by atoms with van der Waals surface area (Å²) in [5.74, 6) is 0. The van der Waals surface area contributed by atoms with Gasteiger partial charge in [-0.05, 0) is 11.8 Å². The molecule has 3 fully saturated rings. The molecule has 0 atom stereocenters. The number of halogens is 1. The van der Waals surface area contributed by atoms with Crippen molar-refractivity contribution >= 4 is 30.7 Å². The van der Waals surface area contributed by atoms with E-state index in [1.165, 1.54) is 39.3 Å². The van der Waals surface area contributed by atoms with E-state index in [9.17, 15) is 0 Å². The Balaban J connectivity index is 0.000000563. The smallest absolute Gasteiger partial charge is 0.145 e. The molecule has 0 aromatic rings. The molecule has 6 heteroatoms. The largest absolute Gasteiger partial charge is 0.249 e. The Labute approximate surface area is 84.3 Å². The van der Waals surface area contributed by atoms with Crippen LogP contribution in [0.1, 0.15) is 0 Å². The van der Waals surface area contributed by atoms with Gasteiger partial charge in [0.1, 0.15) is 6.49 Å². The molecule has 0 aliphatic carbocycles. The molecule has 3 aliphatic heterocycles. The summed E-state index contributed by atoms with van der Waals surface area (Å²) in [4.78, 5) is 0. The molecule has 0 radical (unpaired) electrons. The van der Waals surface area contributed by atoms with E-state index in [4.69, 9.17) is 11.8 Å². The molecule has 0 saturated carbocycles. The average molecular weight is 226 g/mol. The fourth-order valence-electron chi connectivity index (χ4n) is 1.45. The van der Waals surface area contributed by atoms with Crippen molar-refractivity contribution in [2.45, 2.75) is 0 Å². The number of nitrogens with zero attached hydrogens (tertiary/aromatic N) is 3. The third-order valence-corrected chi connectivity index (χ3v) is 7.87. The summed E-state index contributed by atoms with van der Waals surface area (Å²) < 4.78 is 7.47. The zero-order valence-corrected chi connectivity index (χ0v) is 9.38. The van der Waals surface area contributed by atoms with E-state index in [1.807, 2.05) is 0 Å². The van der Waals surface area contributed by atoms with Crippen LogP contribution in [-0.2, 0) is 11.8 Å². The molecule has 0 aromatic heterocycles. The Bertz CT molecular complexity index is 199. The molecule has 3 heterocycles. The minimum atomic E-state index is -1.27. The third-order valence-electron chi connectivity index (χ3n) is 2.38. The predicted octanol–water partition coefficient (Wildman–Crippen LogP) is 0.580. The SMILES string of the molecule is Cl.S=P(N1CC1)(N1CC1)N1CC1. The predicted molar refractivity (Wildman–Crippen MR) is 56.3 cm³/mol. The topological polar surface area (TPSA) is 9.03 Å². The van der Waals surface area contributed by atoms with E-state index in [0.717, 1.165) is 0 Å². The van der Waals surface area contributed by atoms with Gasteiger partial charge in [-0.15, -0.1) is 12.4 Å². The first-order valence-corrected chi connectivity index (χ1v) is 6.84. The van der Waals surface area contributed by atoms with E-state index < -0.39 is 6.49 Å². The number of hydrogen-bond acceptors (Lipinski definition) is 1. The van der Waals surface area contributed by atoms with Gasteiger partial charge in [0.25, 0.3) is 0 Å². The van der Waals surface area contributed by atoms with Crippen LogP contribution in [0.5, 0.6) is 0 Å². The maximum atomic E-state index is 5.75. The van der Waals surface area contributed by atoms with Gasteiger partial charge in [0.15, 0.2) is 0 Å². The average Bonchev–Trinajstić information content (AvgIpc) is 2.81. The number of rotatable bonds is 3. The summed E-state index contributed by atoms with van der Waals surface area (Å²) in [6.45, 7) is 6.26. The highest BCUT2D eigenvalue weighted by Crippen LogP contribution is 2.65. The Kier molecular flexibility index (Phi) is 2.27. The lowest BCUT2D eigenvalue weighted by molar-refractivity contribution is 0.697. The molecular weight excluding hydrogens is 213 g/mol. The van der Waals surface area contributed by atoms with Crippen LogP contribution >= 0.6 is 18.9 Å². The second kappa shape index (κ2) is 2.91. The lowest BCUT2D eigenvalue weighted by Crippen LogP contribution is -2.11. The van der Waals surface area contributed by atoms with E-state index in [1.54, 1.807) is 0 Å². The van der Waals surface area contributed by atoms with Crippen molar-refractivity contribution in [3.05, 3.63) is 0 Å². The van der Waals surface area contributed by atoms with Crippen LogP contribution in [0, 0.1) is 0 Å². The Morgan fingerprint density at radius 1 is 0.750 bits per heavy atom. The van der Waals surface area contributed by atoms with Gasteiger partial charge in [0.2, 0.25) is 0 Å². The van der Waals surface area contributed by atoms with E-state index in [2.05, 4.69) is 14.0 Å². The van der Waals surface area contributed by atoms with Gasteiger partial charge < -0.3 is 0 Å². The van der Waals surface area contributed by atoms with Gasteiger partial charge in [-0.25, -0.2) is 14.0 Å². The third kappa shape index (κ3) is 1.35. The molecule has 3 aliphatic rings. The molecule has 0 unspecified atom stereocenters. The molecule has 3 saturated heterocycles. The van der Waals surface area contributed by atoms with Gasteiger partial charge in [0, 0.05) is 39.3 Å². The second-order valence-corrected chi connectivity index (χ2v) is 7.57. The summed E-state index contributed by atoms with van der Waals surface area (Å²) in [6, 6.07) is 0. The van der Waals surface area contributed by atoms with Crippen LogP contribution < -0.4 is 0 Å². The normalized spacial score (nSPS) is 29.7. The Morgan fingerprint density at radius 3 is 1.17 bits per heavy atom. The van der Waals surface area contributed by atoms with E-state index >= 15 is 0 Å². The van der Waals surface area contributed by atoms with Gasteiger partial charge in [-0.2, -0.15) is 0 Å². The van der Waals surface area contributed by atoms with Crippen LogP contribution in [0.15, 0.2) is 0 Å². The summed E-state index contributed by atoms with van der Waals surface area (Å²) in [6.07, 6.45) is 0. The second-order valence-electron chi connectivity index (χ2n) is 3.37. The molecule has 3 rings (SSSR count). The summed E-state index contributed by atoms with van der Waals surface area (Å²) >= 11 is 5.75. The fourth-order valence-corrected chi connectivity index (χ4v) is 5.83. The highest BCUT2D eigenvalue weighted by Gasteiger charge is 2.50. The van der Waals surface area contributed by atoms with Crippen molar-refractivity contribution in [1.29, 1.82) is 0 Å². The summed E-state index contributed by atoms with van der Waals surface area (Å²) in [5.41, 5.74) is 0. The van der Waals surface area contributed by atoms with Gasteiger partial charge in [-0.3, -0.25) is 0 Å². The van der Waals surface area contributed by atoms with Gasteiger partial charge >= 0.3 is 0 Å². The van der Waals surface area contributed by atoms with Crippen molar-refractivity contribution in [2.24, 2.45) is 0 Å². The highest BCUT2D eigenvalue weighted by molar-refractivity contribution is 8.11. The fraction of sp³-hybridized carbons (Fsp3) is 1.00. The first kappa shape index (κ1) is 9.38. The van der Waals surface area contributed by atoms with E-state index in [0.29, 0.717) is 0 Å². The Morgan fingerprint density at radius 2 is 1.00 bits per heavy atom. The molecule has 70 valence electrons. The standard InChI is InChI=1S/C6H12N3PS.ClH/c11-10(7-1-2-7,8-3-4-8)9-5-6-9;/h1-6H2;1H. The minimum absolute atomic E-state index is 0. The van der Waals surface area contributed by atoms with Crippen molar-refractivity contribution < 1.29 is 0 Å². The zero-order chi connectivity index (χ0) is 7.47. The first-order chi connectivity index (χ1) is 5.32. The molecular formula is C6H13ClN3PS. The van der Waals surface area contributed by atoms with Crippen LogP contribution in [0.25, 0.3) is 0 Å². The van der Waals surface area contributed by atoms with Crippen molar-refractivity contribution in [2.75, 3.05) is 39.3 Å². The lowest BCUT2D eigenvalue weighted by atomic mass is 11.0. The van der Waals surface area contributed by atoms with Gasteiger partial charge in [-0.1, -0.05) is 0 Å². The monoisotopic (exact) mass is 225 g/mol. The van der Waals surface area contributed by atoms with Crippen LogP contribution in [-0.4, -0.2) is 53.3 Å². The minimum Gasteiger partial charge on any atom is -0.249 e. The molecule has 0 spiro atoms. The Hall–Kier alpha value is 0.820. The van der Waals surface area contributed by atoms with E-state index in [-0.39, 0.29) is 12.4 Å². The maximum Gasteiger partial charge on any atom is 0.145 e. The molecule has 0 amide bonds. The maximum absolute atomic E-state index is 5.75. The van der Waals surface area contributed by atoms with Crippen molar-refractivity contribution in [1.82, 2.24) is 14.0 Å². The molecule has 0 aromatic carbocycles. The van der Waals surface area contributed by atoms with Crippen LogP contribution in [0.4, 0.5) is 0 Å². The quantitative estimate of drug-likeness (QED) is 0.513. The van der Waals surface area contributed by atoms with Crippen molar-refractivity contribution in [3.63, 3.8) is 0 Å². The first-order valence-electron chi connectivity index (χ1n) is 4.18. The zero-order valence-electron chi connectivity index (χ0n) is 6.85. The summed E-state index contributed by atoms with van der Waals surface area (Å²) in [7, 11) is 0. The molecule has 0 bridgehead atoms. The lowest BCUT2D eigenvalue weighted by Gasteiger charge is -2.25. The van der Waals surface area contributed by atoms with Crippen molar-refractivity contribution in [3.8, 4) is 0 Å². The molecule has 3 nitrogen and oxygen atoms in total.